The van der Waals surface area contributed by atoms with E-state index in [9.17, 15) is 9.59 Å². The Bertz CT molecular complexity index is 1200. The number of hydrogen-bond donors (Lipinski definition) is 1. The van der Waals surface area contributed by atoms with Gasteiger partial charge in [0.25, 0.3) is 0 Å². The number of Topliss-reactive ketones (excluding diaryl/α,β-unsaturated/α-hetero) is 1. The number of methoxy groups -OCH3 is 1. The van der Waals surface area contributed by atoms with Gasteiger partial charge in [0, 0.05) is 50.8 Å². The third kappa shape index (κ3) is 4.84. The summed E-state index contributed by atoms with van der Waals surface area (Å²) in [7, 11) is 1.60. The molecule has 35 heavy (non-hydrogen) atoms. The van der Waals surface area contributed by atoms with Gasteiger partial charge < -0.3 is 19.5 Å². The van der Waals surface area contributed by atoms with Gasteiger partial charge in [-0.15, -0.1) is 11.3 Å². The minimum atomic E-state index is -0.576. The maximum Gasteiger partial charge on any atom is 0.336 e. The van der Waals surface area contributed by atoms with Crippen molar-refractivity contribution in [2.75, 3.05) is 20.3 Å². The quantitative estimate of drug-likeness (QED) is 0.466. The van der Waals surface area contributed by atoms with E-state index in [1.165, 1.54) is 4.88 Å². The van der Waals surface area contributed by atoms with Crippen molar-refractivity contribution in [1.29, 1.82) is 0 Å². The van der Waals surface area contributed by atoms with E-state index in [0.717, 1.165) is 28.6 Å². The minimum absolute atomic E-state index is 0.0427. The number of esters is 1. The van der Waals surface area contributed by atoms with Gasteiger partial charge in [-0.05, 0) is 55.8 Å². The lowest BCUT2D eigenvalue weighted by Gasteiger charge is -2.37. The third-order valence-corrected chi connectivity index (χ3v) is 8.45. The van der Waals surface area contributed by atoms with E-state index in [0.29, 0.717) is 42.0 Å². The summed E-state index contributed by atoms with van der Waals surface area (Å²) in [4.78, 5) is 28.4. The molecule has 0 unspecified atom stereocenters. The van der Waals surface area contributed by atoms with Crippen molar-refractivity contribution in [3.8, 4) is 5.75 Å². The normalized spacial score (nSPS) is 24.3. The molecule has 6 nitrogen and oxygen atoms in total. The Morgan fingerprint density at radius 2 is 2.14 bits per heavy atom. The molecule has 0 bridgehead atoms. The number of benzene rings is 1. The highest BCUT2D eigenvalue weighted by Crippen LogP contribution is 2.48. The summed E-state index contributed by atoms with van der Waals surface area (Å²) in [6.45, 7) is 2.78. The second-order valence-corrected chi connectivity index (χ2v) is 11.0. The average molecular weight is 558 g/mol. The molecular formula is C27H28BrNO5S. The monoisotopic (exact) mass is 557 g/mol. The highest BCUT2D eigenvalue weighted by atomic mass is 79.9. The Morgan fingerprint density at radius 3 is 2.86 bits per heavy atom. The van der Waals surface area contributed by atoms with Crippen LogP contribution in [0.15, 0.2) is 62.7 Å². The summed E-state index contributed by atoms with van der Waals surface area (Å²) in [5.41, 5.74) is 3.42. The van der Waals surface area contributed by atoms with Crippen LogP contribution in [0.3, 0.4) is 0 Å². The first-order valence-electron chi connectivity index (χ1n) is 11.9. The lowest BCUT2D eigenvalue weighted by molar-refractivity contribution is -0.142. The van der Waals surface area contributed by atoms with Crippen LogP contribution in [0.1, 0.15) is 54.9 Å². The number of thiophene rings is 1. The van der Waals surface area contributed by atoms with E-state index in [2.05, 4.69) is 27.3 Å². The summed E-state index contributed by atoms with van der Waals surface area (Å²) in [6, 6.07) is 9.78. The summed E-state index contributed by atoms with van der Waals surface area (Å²) in [5.74, 6) is -0.220. The SMILES string of the molecule is COc1ccc(Br)cc1[C@@H]1C(C(=O)OC[C@H]2CCCO2)=C(C)NC2=C1C(=O)C[C@H](c1cccs1)C2. The first-order chi connectivity index (χ1) is 17.0. The van der Waals surface area contributed by atoms with E-state index < -0.39 is 11.9 Å². The van der Waals surface area contributed by atoms with Gasteiger partial charge in [0.15, 0.2) is 5.78 Å². The molecule has 184 valence electrons. The molecule has 2 aromatic rings. The molecule has 5 rings (SSSR count). The maximum absolute atomic E-state index is 13.7. The number of ketones is 1. The second kappa shape index (κ2) is 10.3. The van der Waals surface area contributed by atoms with Crippen LogP contribution in [0.2, 0.25) is 0 Å². The highest BCUT2D eigenvalue weighted by Gasteiger charge is 2.42. The molecule has 0 spiro atoms. The zero-order valence-corrected chi connectivity index (χ0v) is 22.2. The molecule has 2 aliphatic heterocycles. The minimum Gasteiger partial charge on any atom is -0.496 e. The predicted octanol–water partition coefficient (Wildman–Crippen LogP) is 5.60. The highest BCUT2D eigenvalue weighted by molar-refractivity contribution is 9.10. The topological polar surface area (TPSA) is 73.9 Å². The molecule has 1 N–H and O–H groups in total. The van der Waals surface area contributed by atoms with Gasteiger partial charge in [0.2, 0.25) is 0 Å². The maximum atomic E-state index is 13.7. The van der Waals surface area contributed by atoms with Crippen LogP contribution < -0.4 is 10.1 Å². The van der Waals surface area contributed by atoms with Crippen molar-refractivity contribution in [2.45, 2.75) is 50.5 Å². The summed E-state index contributed by atoms with van der Waals surface area (Å²) in [6.07, 6.45) is 2.90. The van der Waals surface area contributed by atoms with Crippen LogP contribution in [0.4, 0.5) is 0 Å². The van der Waals surface area contributed by atoms with Gasteiger partial charge in [0.1, 0.15) is 12.4 Å². The standard InChI is InChI=1S/C27H28BrNO5S/c1-15-24(27(31)34-14-18-5-3-9-33-18)25(19-13-17(28)7-8-22(19)32-2)26-20(29-15)11-16(12-21(26)30)23-6-4-10-35-23/h4,6-8,10,13,16,18,25,29H,3,5,9,11-12,14H2,1-2H3/t16-,18-,25-/m1/s1. The van der Waals surface area contributed by atoms with Gasteiger partial charge in [-0.1, -0.05) is 22.0 Å². The second-order valence-electron chi connectivity index (χ2n) is 9.15. The number of dihydropyridines is 1. The molecule has 1 aliphatic carbocycles. The Morgan fingerprint density at radius 1 is 1.29 bits per heavy atom. The van der Waals surface area contributed by atoms with Gasteiger partial charge >= 0.3 is 5.97 Å². The molecule has 3 atom stereocenters. The van der Waals surface area contributed by atoms with E-state index in [4.69, 9.17) is 14.2 Å². The Kier molecular flexibility index (Phi) is 7.14. The Balaban J connectivity index is 1.56. The fourth-order valence-electron chi connectivity index (χ4n) is 5.30. The predicted molar refractivity (Wildman–Crippen MR) is 138 cm³/mol. The van der Waals surface area contributed by atoms with Gasteiger partial charge in [0.05, 0.1) is 24.7 Å². The molecule has 1 saturated heterocycles. The van der Waals surface area contributed by atoms with E-state index in [1.54, 1.807) is 18.4 Å². The van der Waals surface area contributed by atoms with Crippen molar-refractivity contribution in [1.82, 2.24) is 5.32 Å². The smallest absolute Gasteiger partial charge is 0.336 e. The molecule has 8 heteroatoms. The summed E-state index contributed by atoms with van der Waals surface area (Å²) < 4.78 is 17.9. The van der Waals surface area contributed by atoms with Crippen molar-refractivity contribution >= 4 is 39.0 Å². The molecule has 1 aromatic heterocycles. The first kappa shape index (κ1) is 24.3. The fourth-order valence-corrected chi connectivity index (χ4v) is 6.51. The number of carbonyl (C=O) groups is 2. The Hall–Kier alpha value is -2.42. The van der Waals surface area contributed by atoms with Crippen molar-refractivity contribution in [3.63, 3.8) is 0 Å². The third-order valence-electron chi connectivity index (χ3n) is 6.92. The average Bonchev–Trinajstić information content (AvgIpc) is 3.56. The van der Waals surface area contributed by atoms with Gasteiger partial charge in [-0.3, -0.25) is 4.79 Å². The van der Waals surface area contributed by atoms with Crippen molar-refractivity contribution < 1.29 is 23.8 Å². The molecule has 0 saturated carbocycles. The van der Waals surface area contributed by atoms with Crippen molar-refractivity contribution in [3.05, 3.63) is 73.2 Å². The number of allylic oxidation sites excluding steroid dienone is 3. The summed E-state index contributed by atoms with van der Waals surface area (Å²) >= 11 is 5.23. The van der Waals surface area contributed by atoms with E-state index in [1.807, 2.05) is 36.6 Å². The number of carbonyl (C=O) groups excluding carboxylic acids is 2. The number of nitrogens with one attached hydrogen (secondary N) is 1. The number of ether oxygens (including phenoxy) is 3. The van der Waals surface area contributed by atoms with Gasteiger partial charge in [-0.2, -0.15) is 0 Å². The van der Waals surface area contributed by atoms with Crippen LogP contribution in [0, 0.1) is 0 Å². The zero-order chi connectivity index (χ0) is 24.5. The van der Waals surface area contributed by atoms with Crippen molar-refractivity contribution in [2.24, 2.45) is 0 Å². The van der Waals surface area contributed by atoms with E-state index in [-0.39, 0.29) is 24.4 Å². The molecule has 3 aliphatic rings. The van der Waals surface area contributed by atoms with Crippen LogP contribution >= 0.6 is 27.3 Å². The van der Waals surface area contributed by atoms with Crippen LogP contribution in [0.25, 0.3) is 0 Å². The molecular weight excluding hydrogens is 530 g/mol. The number of hydrogen-bond acceptors (Lipinski definition) is 7. The summed E-state index contributed by atoms with van der Waals surface area (Å²) in [5, 5.41) is 5.45. The fraction of sp³-hybridized carbons (Fsp3) is 0.407. The first-order valence-corrected chi connectivity index (χ1v) is 13.5. The van der Waals surface area contributed by atoms with Crippen LogP contribution in [0.5, 0.6) is 5.75 Å². The number of rotatable bonds is 6. The molecule has 0 amide bonds. The van der Waals surface area contributed by atoms with E-state index >= 15 is 0 Å². The van der Waals surface area contributed by atoms with Crippen LogP contribution in [-0.4, -0.2) is 38.2 Å². The zero-order valence-electron chi connectivity index (χ0n) is 19.8. The van der Waals surface area contributed by atoms with Gasteiger partial charge in [-0.25, -0.2) is 4.79 Å². The molecule has 0 radical (unpaired) electrons. The molecule has 1 fully saturated rings. The number of halogens is 1. The lowest BCUT2D eigenvalue weighted by Crippen LogP contribution is -2.36. The lowest BCUT2D eigenvalue weighted by atomic mass is 9.72. The largest absolute Gasteiger partial charge is 0.496 e. The van der Waals surface area contributed by atoms with Crippen LogP contribution in [-0.2, 0) is 19.1 Å². The Labute approximate surface area is 217 Å². The molecule has 1 aromatic carbocycles. The molecule has 3 heterocycles.